The largest absolute Gasteiger partial charge is 0.487 e. The maximum Gasteiger partial charge on any atom is 0.297 e. The van der Waals surface area contributed by atoms with Gasteiger partial charge in [-0.25, -0.2) is 9.37 Å². The molecule has 0 saturated carbocycles. The van der Waals surface area contributed by atoms with E-state index in [-0.39, 0.29) is 17.9 Å². The minimum atomic E-state index is -0.441. The van der Waals surface area contributed by atoms with E-state index in [0.29, 0.717) is 29.6 Å². The summed E-state index contributed by atoms with van der Waals surface area (Å²) in [5.41, 5.74) is 0.486. The van der Waals surface area contributed by atoms with Gasteiger partial charge in [0.25, 0.3) is 5.56 Å². The Bertz CT molecular complexity index is 951. The molecule has 1 aromatic heterocycles. The molecule has 0 bridgehead atoms. The number of ether oxygens (including phenoxy) is 1. The van der Waals surface area contributed by atoms with Crippen molar-refractivity contribution >= 4 is 5.95 Å². The first-order valence-corrected chi connectivity index (χ1v) is 10.2. The van der Waals surface area contributed by atoms with Gasteiger partial charge in [-0.15, -0.1) is 0 Å². The average Bonchev–Trinajstić information content (AvgIpc) is 2.71. The van der Waals surface area contributed by atoms with E-state index >= 15 is 0 Å². The van der Waals surface area contributed by atoms with Crippen LogP contribution in [0.5, 0.6) is 5.75 Å². The molecular formula is C22H27FN4O2. The number of piperidine rings is 1. The van der Waals surface area contributed by atoms with Crippen LogP contribution < -0.4 is 15.2 Å². The zero-order valence-corrected chi connectivity index (χ0v) is 17.0. The molecule has 29 heavy (non-hydrogen) atoms. The van der Waals surface area contributed by atoms with Crippen LogP contribution in [-0.4, -0.2) is 29.2 Å². The number of hydrogen-bond acceptors (Lipinski definition) is 5. The fourth-order valence-electron chi connectivity index (χ4n) is 3.63. The summed E-state index contributed by atoms with van der Waals surface area (Å²) in [4.78, 5) is 19.8. The number of anilines is 1. The van der Waals surface area contributed by atoms with Gasteiger partial charge in [-0.3, -0.25) is 9.36 Å². The molecule has 1 aromatic carbocycles. The molecule has 154 valence electrons. The Morgan fingerprint density at radius 1 is 1.41 bits per heavy atom. The lowest BCUT2D eigenvalue weighted by Crippen LogP contribution is -2.39. The van der Waals surface area contributed by atoms with Crippen molar-refractivity contribution in [3.8, 4) is 11.8 Å². The molecule has 0 aliphatic carbocycles. The van der Waals surface area contributed by atoms with Crippen LogP contribution in [0.3, 0.4) is 0 Å². The quantitative estimate of drug-likeness (QED) is 0.665. The number of unbranched alkanes of at least 4 members (excludes halogenated alkanes) is 1. The van der Waals surface area contributed by atoms with Crippen LogP contribution in [0, 0.1) is 23.1 Å². The third kappa shape index (κ3) is 4.94. The van der Waals surface area contributed by atoms with Crippen LogP contribution in [0.25, 0.3) is 0 Å². The van der Waals surface area contributed by atoms with Crippen molar-refractivity contribution < 1.29 is 9.13 Å². The maximum atomic E-state index is 13.8. The summed E-state index contributed by atoms with van der Waals surface area (Å²) < 4.78 is 21.0. The molecule has 0 amide bonds. The van der Waals surface area contributed by atoms with E-state index in [0.717, 1.165) is 38.8 Å². The van der Waals surface area contributed by atoms with Crippen molar-refractivity contribution in [1.29, 1.82) is 5.26 Å². The molecule has 7 heteroatoms. The highest BCUT2D eigenvalue weighted by Gasteiger charge is 2.23. The zero-order chi connectivity index (χ0) is 20.8. The normalized spacial score (nSPS) is 16.5. The Balaban J connectivity index is 2.03. The molecule has 1 saturated heterocycles. The molecule has 0 radical (unpaired) electrons. The first kappa shape index (κ1) is 20.8. The smallest absolute Gasteiger partial charge is 0.297 e. The molecule has 0 unspecified atom stereocenters. The molecular weight excluding hydrogens is 371 g/mol. The summed E-state index contributed by atoms with van der Waals surface area (Å²) in [7, 11) is 0. The second kappa shape index (κ2) is 9.55. The summed E-state index contributed by atoms with van der Waals surface area (Å²) in [5.74, 6) is 0.779. The lowest BCUT2D eigenvalue weighted by molar-refractivity contribution is 0.301. The van der Waals surface area contributed by atoms with Gasteiger partial charge in [0.15, 0.2) is 0 Å². The third-order valence-corrected chi connectivity index (χ3v) is 5.21. The lowest BCUT2D eigenvalue weighted by Gasteiger charge is -2.33. The highest BCUT2D eigenvalue weighted by molar-refractivity contribution is 5.41. The SMILES string of the molecule is CCCCOc1cnc(N2CCC[C@H](C)C2)n(Cc2cc(F)ccc2C#N)c1=O. The molecule has 0 spiro atoms. The predicted molar refractivity (Wildman–Crippen MR) is 110 cm³/mol. The van der Waals surface area contributed by atoms with Crippen molar-refractivity contribution in [1.82, 2.24) is 9.55 Å². The number of aromatic nitrogens is 2. The first-order chi connectivity index (χ1) is 14.0. The van der Waals surface area contributed by atoms with E-state index in [1.807, 2.05) is 6.92 Å². The van der Waals surface area contributed by atoms with Crippen LogP contribution in [0.2, 0.25) is 0 Å². The van der Waals surface area contributed by atoms with E-state index in [9.17, 15) is 14.4 Å². The van der Waals surface area contributed by atoms with E-state index in [1.165, 1.54) is 29.0 Å². The average molecular weight is 398 g/mol. The molecule has 3 rings (SSSR count). The van der Waals surface area contributed by atoms with Gasteiger partial charge in [0.2, 0.25) is 11.7 Å². The zero-order valence-electron chi connectivity index (χ0n) is 17.0. The first-order valence-electron chi connectivity index (χ1n) is 10.2. The van der Waals surface area contributed by atoms with Crippen LogP contribution in [0.15, 0.2) is 29.2 Å². The number of halogens is 1. The Morgan fingerprint density at radius 3 is 2.97 bits per heavy atom. The summed E-state index contributed by atoms with van der Waals surface area (Å²) in [6, 6.07) is 6.07. The number of rotatable bonds is 7. The van der Waals surface area contributed by atoms with Crippen molar-refractivity contribution in [3.05, 3.63) is 51.7 Å². The van der Waals surface area contributed by atoms with E-state index in [2.05, 4.69) is 22.9 Å². The number of nitriles is 1. The predicted octanol–water partition coefficient (Wildman–Crippen LogP) is 3.72. The van der Waals surface area contributed by atoms with Gasteiger partial charge in [-0.1, -0.05) is 20.3 Å². The Kier molecular flexibility index (Phi) is 6.86. The monoisotopic (exact) mass is 398 g/mol. The minimum absolute atomic E-state index is 0.0671. The second-order valence-electron chi connectivity index (χ2n) is 7.62. The topological polar surface area (TPSA) is 71.2 Å². The fraction of sp³-hybridized carbons (Fsp3) is 0.500. The van der Waals surface area contributed by atoms with Gasteiger partial charge in [0.05, 0.1) is 31.0 Å². The number of hydrogen-bond donors (Lipinski definition) is 0. The summed E-state index contributed by atoms with van der Waals surface area (Å²) in [5, 5.41) is 9.40. The number of benzene rings is 1. The molecule has 1 aliphatic rings. The van der Waals surface area contributed by atoms with E-state index < -0.39 is 5.82 Å². The molecule has 0 N–H and O–H groups in total. The van der Waals surface area contributed by atoms with Crippen molar-refractivity contribution in [3.63, 3.8) is 0 Å². The number of nitrogens with zero attached hydrogens (tertiary/aromatic N) is 4. The van der Waals surface area contributed by atoms with Gasteiger partial charge in [0.1, 0.15) is 5.82 Å². The molecule has 1 atom stereocenters. The van der Waals surface area contributed by atoms with Crippen LogP contribution in [-0.2, 0) is 6.54 Å². The van der Waals surface area contributed by atoms with Crippen molar-refractivity contribution in [2.75, 3.05) is 24.6 Å². The van der Waals surface area contributed by atoms with Crippen LogP contribution >= 0.6 is 0 Å². The molecule has 1 fully saturated rings. The van der Waals surface area contributed by atoms with Crippen LogP contribution in [0.1, 0.15) is 50.7 Å². The summed E-state index contributed by atoms with van der Waals surface area (Å²) in [6.45, 7) is 6.34. The van der Waals surface area contributed by atoms with Gasteiger partial charge in [-0.05, 0) is 48.9 Å². The van der Waals surface area contributed by atoms with Crippen molar-refractivity contribution in [2.45, 2.75) is 46.1 Å². The lowest BCUT2D eigenvalue weighted by atomic mass is 10.0. The molecule has 2 aromatic rings. The Labute approximate surface area is 170 Å². The van der Waals surface area contributed by atoms with Gasteiger partial charge in [-0.2, -0.15) is 5.26 Å². The van der Waals surface area contributed by atoms with Gasteiger partial charge >= 0.3 is 0 Å². The summed E-state index contributed by atoms with van der Waals surface area (Å²) >= 11 is 0. The second-order valence-corrected chi connectivity index (χ2v) is 7.62. The van der Waals surface area contributed by atoms with Crippen LogP contribution in [0.4, 0.5) is 10.3 Å². The molecule has 1 aliphatic heterocycles. The Morgan fingerprint density at radius 2 is 2.24 bits per heavy atom. The minimum Gasteiger partial charge on any atom is -0.487 e. The fourth-order valence-corrected chi connectivity index (χ4v) is 3.63. The Hall–Kier alpha value is -2.88. The third-order valence-electron chi connectivity index (χ3n) is 5.21. The van der Waals surface area contributed by atoms with Gasteiger partial charge in [0, 0.05) is 13.1 Å². The highest BCUT2D eigenvalue weighted by Crippen LogP contribution is 2.23. The molecule has 2 heterocycles. The maximum absolute atomic E-state index is 13.8. The van der Waals surface area contributed by atoms with E-state index in [4.69, 9.17) is 4.74 Å². The van der Waals surface area contributed by atoms with Gasteiger partial charge < -0.3 is 9.64 Å². The highest BCUT2D eigenvalue weighted by atomic mass is 19.1. The van der Waals surface area contributed by atoms with Crippen molar-refractivity contribution in [2.24, 2.45) is 5.92 Å². The summed E-state index contributed by atoms with van der Waals surface area (Å²) in [6.07, 6.45) is 5.45. The standard InChI is InChI=1S/C22H27FN4O2/c1-3-4-10-29-20-13-25-22(26-9-5-6-16(2)14-26)27(21(20)28)15-18-11-19(23)8-7-17(18)12-24/h7-8,11,13,16H,3-6,9-10,14-15H2,1-2H3/t16-/m0/s1. The molecule has 6 nitrogen and oxygen atoms in total. The van der Waals surface area contributed by atoms with E-state index in [1.54, 1.807) is 0 Å².